The van der Waals surface area contributed by atoms with Gasteiger partial charge in [-0.3, -0.25) is 14.2 Å². The van der Waals surface area contributed by atoms with Crippen molar-refractivity contribution in [3.05, 3.63) is 76.4 Å². The minimum Gasteiger partial charge on any atom is -0.489 e. The molecule has 1 heterocycles. The number of benzene rings is 2. The highest BCUT2D eigenvalue weighted by molar-refractivity contribution is 5.94. The van der Waals surface area contributed by atoms with Crippen LogP contribution >= 0.6 is 0 Å². The Bertz CT molecular complexity index is 1160. The van der Waals surface area contributed by atoms with Crippen LogP contribution in [0.25, 0.3) is 16.6 Å². The zero-order valence-corrected chi connectivity index (χ0v) is 16.6. The van der Waals surface area contributed by atoms with Crippen molar-refractivity contribution in [1.82, 2.24) is 14.9 Å². The van der Waals surface area contributed by atoms with Crippen molar-refractivity contribution < 1.29 is 9.53 Å². The number of fused-ring (bicyclic) bond motifs is 1. The Hall–Kier alpha value is -3.41. The first-order valence-electron chi connectivity index (χ1n) is 9.64. The van der Waals surface area contributed by atoms with Gasteiger partial charge in [0.05, 0.1) is 16.6 Å². The molecule has 1 aliphatic rings. The summed E-state index contributed by atoms with van der Waals surface area (Å²) < 4.78 is 7.21. The van der Waals surface area contributed by atoms with Crippen LogP contribution in [0, 0.1) is 6.92 Å². The number of rotatable bonds is 6. The number of aromatic nitrogens is 2. The summed E-state index contributed by atoms with van der Waals surface area (Å²) in [5.74, 6) is 1.09. The van der Waals surface area contributed by atoms with Gasteiger partial charge in [0.25, 0.3) is 11.5 Å². The van der Waals surface area contributed by atoms with Crippen LogP contribution in [-0.2, 0) is 0 Å². The van der Waals surface area contributed by atoms with Gasteiger partial charge in [-0.2, -0.15) is 0 Å². The number of ether oxygens (including phenoxy) is 1. The molecule has 6 heteroatoms. The molecule has 0 saturated heterocycles. The summed E-state index contributed by atoms with van der Waals surface area (Å²) in [4.78, 5) is 29.9. The van der Waals surface area contributed by atoms with E-state index in [1.165, 1.54) is 0 Å². The predicted octanol–water partition coefficient (Wildman–Crippen LogP) is 3.54. The van der Waals surface area contributed by atoms with Crippen molar-refractivity contribution in [2.75, 3.05) is 6.61 Å². The Balaban J connectivity index is 1.69. The molecule has 1 fully saturated rings. The van der Waals surface area contributed by atoms with Gasteiger partial charge in [-0.15, -0.1) is 0 Å². The Morgan fingerprint density at radius 2 is 1.97 bits per heavy atom. The predicted molar refractivity (Wildman–Crippen MR) is 113 cm³/mol. The monoisotopic (exact) mass is 389 g/mol. The van der Waals surface area contributed by atoms with Crippen molar-refractivity contribution in [3.8, 4) is 11.4 Å². The topological polar surface area (TPSA) is 73.2 Å². The minimum absolute atomic E-state index is 0.0842. The van der Waals surface area contributed by atoms with E-state index in [-0.39, 0.29) is 11.5 Å². The van der Waals surface area contributed by atoms with Crippen LogP contribution in [0.15, 0.2) is 59.4 Å². The summed E-state index contributed by atoms with van der Waals surface area (Å²) in [7, 11) is 0. The van der Waals surface area contributed by atoms with Gasteiger partial charge in [-0.1, -0.05) is 6.58 Å². The molecule has 0 aliphatic heterocycles. The summed E-state index contributed by atoms with van der Waals surface area (Å²) in [5, 5.41) is 3.44. The van der Waals surface area contributed by atoms with Crippen molar-refractivity contribution in [3.63, 3.8) is 0 Å². The van der Waals surface area contributed by atoms with E-state index in [2.05, 4.69) is 16.9 Å². The molecule has 29 heavy (non-hydrogen) atoms. The molecule has 3 aromatic rings. The Kier molecular flexibility index (Phi) is 4.92. The smallest absolute Gasteiger partial charge is 0.266 e. The van der Waals surface area contributed by atoms with E-state index in [0.29, 0.717) is 46.4 Å². The Morgan fingerprint density at radius 1 is 1.24 bits per heavy atom. The number of amides is 1. The molecule has 0 unspecified atom stereocenters. The molecule has 148 valence electrons. The van der Waals surface area contributed by atoms with Gasteiger partial charge >= 0.3 is 0 Å². The standard InChI is InChI=1S/C23H23N3O3/c1-14(2)13-29-19-10-11-21-20(12-19)23(28)26(15(3)24-21)18-8-4-16(5-9-18)22(27)25-17-6-7-17/h4-5,8-12,17H,1,6-7,13H2,2-3H3,(H,25,27). The van der Waals surface area contributed by atoms with Crippen LogP contribution < -0.4 is 15.6 Å². The average Bonchev–Trinajstić information content (AvgIpc) is 3.51. The van der Waals surface area contributed by atoms with Gasteiger partial charge in [0, 0.05) is 11.6 Å². The number of nitrogens with one attached hydrogen (secondary N) is 1. The van der Waals surface area contributed by atoms with Gasteiger partial charge in [-0.25, -0.2) is 4.98 Å². The molecule has 1 N–H and O–H groups in total. The third-order valence-electron chi connectivity index (χ3n) is 4.79. The summed E-state index contributed by atoms with van der Waals surface area (Å²) in [6.07, 6.45) is 2.08. The maximum Gasteiger partial charge on any atom is 0.266 e. The van der Waals surface area contributed by atoms with E-state index < -0.39 is 0 Å². The number of carbonyl (C=O) groups excluding carboxylic acids is 1. The molecular formula is C23H23N3O3. The second-order valence-electron chi connectivity index (χ2n) is 7.52. The normalized spacial score (nSPS) is 13.3. The molecule has 1 saturated carbocycles. The first kappa shape index (κ1) is 18.9. The van der Waals surface area contributed by atoms with Crippen LogP contribution in [0.5, 0.6) is 5.75 Å². The Morgan fingerprint density at radius 3 is 2.62 bits per heavy atom. The fraction of sp³-hybridized carbons (Fsp3) is 0.261. The maximum absolute atomic E-state index is 13.2. The van der Waals surface area contributed by atoms with Crippen LogP contribution in [-0.4, -0.2) is 28.1 Å². The van der Waals surface area contributed by atoms with Gasteiger partial charge in [-0.05, 0) is 74.7 Å². The van der Waals surface area contributed by atoms with Crippen LogP contribution in [0.2, 0.25) is 0 Å². The van der Waals surface area contributed by atoms with Crippen molar-refractivity contribution >= 4 is 16.8 Å². The fourth-order valence-corrected chi connectivity index (χ4v) is 3.13. The van der Waals surface area contributed by atoms with Crippen molar-refractivity contribution in [1.29, 1.82) is 0 Å². The zero-order chi connectivity index (χ0) is 20.5. The fourth-order valence-electron chi connectivity index (χ4n) is 3.13. The molecule has 1 amide bonds. The quantitative estimate of drug-likeness (QED) is 0.655. The second kappa shape index (κ2) is 7.54. The molecule has 0 bridgehead atoms. The number of aryl methyl sites for hydroxylation is 1. The minimum atomic E-state index is -0.177. The van der Waals surface area contributed by atoms with Gasteiger partial charge < -0.3 is 10.1 Å². The summed E-state index contributed by atoms with van der Waals surface area (Å²) in [6, 6.07) is 12.6. The molecule has 0 radical (unpaired) electrons. The number of nitrogens with zero attached hydrogens (tertiary/aromatic N) is 2. The summed E-state index contributed by atoms with van der Waals surface area (Å²) in [6.45, 7) is 7.89. The lowest BCUT2D eigenvalue weighted by molar-refractivity contribution is 0.0951. The molecule has 0 spiro atoms. The van der Waals surface area contributed by atoms with E-state index >= 15 is 0 Å². The third kappa shape index (κ3) is 4.06. The molecule has 1 aliphatic carbocycles. The van der Waals surface area contributed by atoms with Crippen LogP contribution in [0.3, 0.4) is 0 Å². The van der Waals surface area contributed by atoms with Gasteiger partial charge in [0.1, 0.15) is 18.2 Å². The molecule has 0 atom stereocenters. The van der Waals surface area contributed by atoms with E-state index in [0.717, 1.165) is 18.4 Å². The van der Waals surface area contributed by atoms with Crippen LogP contribution in [0.1, 0.15) is 35.9 Å². The highest BCUT2D eigenvalue weighted by Crippen LogP contribution is 2.21. The highest BCUT2D eigenvalue weighted by atomic mass is 16.5. The average molecular weight is 389 g/mol. The van der Waals surface area contributed by atoms with Gasteiger partial charge in [0.2, 0.25) is 0 Å². The lowest BCUT2D eigenvalue weighted by Crippen LogP contribution is -2.25. The van der Waals surface area contributed by atoms with Crippen LogP contribution in [0.4, 0.5) is 0 Å². The Labute approximate surface area is 168 Å². The molecule has 2 aromatic carbocycles. The van der Waals surface area contributed by atoms with Gasteiger partial charge in [0.15, 0.2) is 0 Å². The molecule has 6 nitrogen and oxygen atoms in total. The lowest BCUT2D eigenvalue weighted by atomic mass is 10.1. The highest BCUT2D eigenvalue weighted by Gasteiger charge is 2.23. The second-order valence-corrected chi connectivity index (χ2v) is 7.52. The largest absolute Gasteiger partial charge is 0.489 e. The van der Waals surface area contributed by atoms with E-state index in [4.69, 9.17) is 4.74 Å². The number of carbonyl (C=O) groups is 1. The lowest BCUT2D eigenvalue weighted by Gasteiger charge is -2.12. The van der Waals surface area contributed by atoms with Crippen molar-refractivity contribution in [2.45, 2.75) is 32.7 Å². The van der Waals surface area contributed by atoms with E-state index in [1.807, 2.05) is 6.92 Å². The summed E-state index contributed by atoms with van der Waals surface area (Å²) in [5.41, 5.74) is 2.58. The first-order valence-corrected chi connectivity index (χ1v) is 9.64. The first-order chi connectivity index (χ1) is 13.9. The number of hydrogen-bond acceptors (Lipinski definition) is 4. The molecular weight excluding hydrogens is 366 g/mol. The summed E-state index contributed by atoms with van der Waals surface area (Å²) >= 11 is 0. The zero-order valence-electron chi connectivity index (χ0n) is 16.6. The van der Waals surface area contributed by atoms with Crippen molar-refractivity contribution in [2.24, 2.45) is 0 Å². The van der Waals surface area contributed by atoms with E-state index in [1.54, 1.807) is 54.0 Å². The molecule has 1 aromatic heterocycles. The maximum atomic E-state index is 13.2. The third-order valence-corrected chi connectivity index (χ3v) is 4.79. The molecule has 4 rings (SSSR count). The SMILES string of the molecule is C=C(C)COc1ccc2nc(C)n(-c3ccc(C(=O)NC4CC4)cc3)c(=O)c2c1. The number of hydrogen-bond donors (Lipinski definition) is 1. The van der Waals surface area contributed by atoms with E-state index in [9.17, 15) is 9.59 Å².